The first-order valence-corrected chi connectivity index (χ1v) is 10.9. The number of carbonyl (C=O) groups excluding carboxylic acids is 3. The van der Waals surface area contributed by atoms with Gasteiger partial charge in [-0.2, -0.15) is 0 Å². The molecule has 0 aliphatic carbocycles. The number of aromatic carboxylic acids is 1. The summed E-state index contributed by atoms with van der Waals surface area (Å²) in [6.07, 6.45) is -0.0557. The summed E-state index contributed by atoms with van der Waals surface area (Å²) in [6, 6.07) is 10.8. The van der Waals surface area contributed by atoms with Crippen LogP contribution in [0, 0.1) is 0 Å². The number of alkyl halides is 3. The van der Waals surface area contributed by atoms with E-state index in [1.165, 1.54) is 48.5 Å². The molecule has 3 rings (SSSR count). The van der Waals surface area contributed by atoms with Gasteiger partial charge in [0.15, 0.2) is 0 Å². The zero-order chi connectivity index (χ0) is 24.2. The van der Waals surface area contributed by atoms with Crippen LogP contribution in [0.2, 0.25) is 0 Å². The standard InChI is InChI=1S/C21H18ClF2N3O5S/c1-2-25-20(26-13-5-9-15(10-6-13)32-21(22,23)24)33-16-11-17(28)27(18(16)29)14-7-3-12(4-8-14)19(30)31/h3-10,16H,2,11H2,1H3,(H,25,26)(H,30,31). The molecule has 0 saturated carbocycles. The monoisotopic (exact) mass is 497 g/mol. The van der Waals surface area contributed by atoms with E-state index in [-0.39, 0.29) is 23.4 Å². The van der Waals surface area contributed by atoms with Crippen molar-refractivity contribution in [2.75, 3.05) is 16.8 Å². The van der Waals surface area contributed by atoms with E-state index < -0.39 is 28.6 Å². The molecule has 0 aromatic heterocycles. The van der Waals surface area contributed by atoms with Crippen molar-refractivity contribution in [3.05, 3.63) is 54.1 Å². The number of nitrogens with zero attached hydrogens (tertiary/aromatic N) is 1. The largest absolute Gasteiger partial charge is 0.545 e. The molecule has 1 saturated heterocycles. The Morgan fingerprint density at radius 2 is 1.88 bits per heavy atom. The summed E-state index contributed by atoms with van der Waals surface area (Å²) in [4.78, 5) is 40.4. The van der Waals surface area contributed by atoms with Crippen LogP contribution in [-0.4, -0.2) is 40.3 Å². The van der Waals surface area contributed by atoms with Gasteiger partial charge in [0, 0.05) is 18.0 Å². The second-order valence-electron chi connectivity index (χ2n) is 6.77. The van der Waals surface area contributed by atoms with Gasteiger partial charge in [0.1, 0.15) is 16.7 Å². The van der Waals surface area contributed by atoms with Crippen LogP contribution in [0.4, 0.5) is 20.2 Å². The Labute approximate surface area is 196 Å². The third-order valence-corrected chi connectivity index (χ3v) is 5.62. The number of ether oxygens (including phenoxy) is 1. The third kappa shape index (κ3) is 6.42. The molecule has 12 heteroatoms. The van der Waals surface area contributed by atoms with E-state index in [1.54, 1.807) is 0 Å². The number of imide groups is 1. The molecule has 0 spiro atoms. The topological polar surface area (TPSA) is 113 Å². The van der Waals surface area contributed by atoms with Gasteiger partial charge in [0.2, 0.25) is 11.8 Å². The average molecular weight is 498 g/mol. The van der Waals surface area contributed by atoms with Gasteiger partial charge in [-0.05, 0) is 60.6 Å². The van der Waals surface area contributed by atoms with Crippen LogP contribution in [-0.2, 0) is 9.59 Å². The van der Waals surface area contributed by atoms with Gasteiger partial charge in [0.05, 0.1) is 18.2 Å². The predicted molar refractivity (Wildman–Crippen MR) is 117 cm³/mol. The summed E-state index contributed by atoms with van der Waals surface area (Å²) in [5.74, 6) is -2.36. The maximum absolute atomic E-state index is 12.9. The number of carbonyl (C=O) groups is 3. The van der Waals surface area contributed by atoms with Gasteiger partial charge in [-0.15, -0.1) is 8.78 Å². The summed E-state index contributed by atoms with van der Waals surface area (Å²) in [7, 11) is 0. The Hall–Kier alpha value is -3.18. The quantitative estimate of drug-likeness (QED) is 0.255. The number of hydrogen-bond donors (Lipinski definition) is 2. The molecule has 1 fully saturated rings. The predicted octanol–water partition coefficient (Wildman–Crippen LogP) is 1.15. The average Bonchev–Trinajstić information content (AvgIpc) is 3.01. The minimum Gasteiger partial charge on any atom is -0.545 e. The number of amidine groups is 1. The van der Waals surface area contributed by atoms with Crippen molar-refractivity contribution in [1.29, 1.82) is 0 Å². The number of thioether (sulfide) groups is 1. The molecule has 8 nitrogen and oxygen atoms in total. The van der Waals surface area contributed by atoms with Gasteiger partial charge in [-0.1, -0.05) is 12.1 Å². The summed E-state index contributed by atoms with van der Waals surface area (Å²) < 4.78 is 29.8. The Kier molecular flexibility index (Phi) is 7.54. The second-order valence-corrected chi connectivity index (χ2v) is 8.42. The van der Waals surface area contributed by atoms with Crippen molar-refractivity contribution in [3.8, 4) is 5.75 Å². The SMILES string of the molecule is CC[NH+]=C(Nc1ccc(OC(F)(F)Cl)cc1)SC1CC(=O)N(c2ccc(C(=O)[O-])cc2)C1=O. The minimum absolute atomic E-state index is 0.0557. The fraction of sp³-hybridized carbons (Fsp3) is 0.238. The lowest BCUT2D eigenvalue weighted by molar-refractivity contribution is -0.449. The molecule has 0 bridgehead atoms. The number of amides is 2. The number of rotatable bonds is 7. The molecule has 2 N–H and O–H groups in total. The Morgan fingerprint density at radius 1 is 1.24 bits per heavy atom. The van der Waals surface area contributed by atoms with Crippen molar-refractivity contribution in [3.63, 3.8) is 0 Å². The zero-order valence-electron chi connectivity index (χ0n) is 17.1. The summed E-state index contributed by atoms with van der Waals surface area (Å²) in [6.45, 7) is 2.35. The van der Waals surface area contributed by atoms with E-state index in [2.05, 4.69) is 15.0 Å². The van der Waals surface area contributed by atoms with Crippen LogP contribution in [0.5, 0.6) is 5.75 Å². The fourth-order valence-corrected chi connectivity index (χ4v) is 4.21. The highest BCUT2D eigenvalue weighted by Gasteiger charge is 2.41. The van der Waals surface area contributed by atoms with Gasteiger partial charge < -0.3 is 14.6 Å². The molecule has 1 aliphatic heterocycles. The second kappa shape index (κ2) is 10.2. The molecule has 1 heterocycles. The van der Waals surface area contributed by atoms with Gasteiger partial charge in [-0.3, -0.25) is 14.6 Å². The van der Waals surface area contributed by atoms with E-state index in [4.69, 9.17) is 11.6 Å². The highest BCUT2D eigenvalue weighted by molar-refractivity contribution is 8.15. The highest BCUT2D eigenvalue weighted by atomic mass is 35.5. The molecule has 1 aliphatic rings. The number of nitrogens with one attached hydrogen (secondary N) is 2. The minimum atomic E-state index is -3.82. The molecule has 1 unspecified atom stereocenters. The van der Waals surface area contributed by atoms with E-state index in [0.29, 0.717) is 17.4 Å². The number of carboxylic acids is 1. The molecule has 2 amide bonds. The van der Waals surface area contributed by atoms with Crippen molar-refractivity contribution < 1.29 is 38.0 Å². The van der Waals surface area contributed by atoms with Crippen molar-refractivity contribution in [2.45, 2.75) is 24.2 Å². The van der Waals surface area contributed by atoms with Crippen molar-refractivity contribution in [2.24, 2.45) is 0 Å². The highest BCUT2D eigenvalue weighted by Crippen LogP contribution is 2.31. The number of halogens is 3. The lowest BCUT2D eigenvalue weighted by Gasteiger charge is -2.15. The maximum atomic E-state index is 12.9. The Balaban J connectivity index is 1.69. The zero-order valence-corrected chi connectivity index (χ0v) is 18.7. The van der Waals surface area contributed by atoms with Crippen LogP contribution in [0.3, 0.4) is 0 Å². The van der Waals surface area contributed by atoms with Crippen molar-refractivity contribution in [1.82, 2.24) is 0 Å². The summed E-state index contributed by atoms with van der Waals surface area (Å²) in [5, 5.41) is 13.7. The molecular formula is C21H18ClF2N3O5S. The first kappa shape index (κ1) is 24.5. The number of carboxylic acid groups (broad SMARTS) is 1. The molecule has 0 radical (unpaired) electrons. The van der Waals surface area contributed by atoms with E-state index in [1.807, 2.05) is 6.92 Å². The van der Waals surface area contributed by atoms with Crippen LogP contribution in [0.15, 0.2) is 48.5 Å². The van der Waals surface area contributed by atoms with Crippen LogP contribution in [0.25, 0.3) is 0 Å². The van der Waals surface area contributed by atoms with Gasteiger partial charge in [0.25, 0.3) is 0 Å². The Morgan fingerprint density at radius 3 is 2.42 bits per heavy atom. The summed E-state index contributed by atoms with van der Waals surface area (Å²) >= 11 is 5.86. The lowest BCUT2D eigenvalue weighted by atomic mass is 10.2. The number of benzene rings is 2. The van der Waals surface area contributed by atoms with Crippen LogP contribution in [0.1, 0.15) is 23.7 Å². The fourth-order valence-electron chi connectivity index (χ4n) is 3.00. The molecular weight excluding hydrogens is 480 g/mol. The molecule has 2 aromatic carbocycles. The third-order valence-electron chi connectivity index (χ3n) is 4.41. The number of anilines is 2. The maximum Gasteiger partial charge on any atom is 0.487 e. The molecule has 174 valence electrons. The smallest absolute Gasteiger partial charge is 0.487 e. The first-order chi connectivity index (χ1) is 15.6. The molecule has 1 atom stereocenters. The number of hydrogen-bond acceptors (Lipinski definition) is 6. The molecule has 33 heavy (non-hydrogen) atoms. The normalized spacial score (nSPS) is 16.8. The summed E-state index contributed by atoms with van der Waals surface area (Å²) in [5.41, 5.74) is -3.10. The Bertz CT molecular complexity index is 1070. The molecule has 2 aromatic rings. The van der Waals surface area contributed by atoms with E-state index in [9.17, 15) is 28.3 Å². The van der Waals surface area contributed by atoms with Crippen LogP contribution < -0.4 is 25.1 Å². The lowest BCUT2D eigenvalue weighted by Crippen LogP contribution is -2.73. The van der Waals surface area contributed by atoms with Gasteiger partial charge >= 0.3 is 10.7 Å². The van der Waals surface area contributed by atoms with Gasteiger partial charge in [-0.25, -0.2) is 10.2 Å². The van der Waals surface area contributed by atoms with E-state index in [0.717, 1.165) is 16.7 Å². The van der Waals surface area contributed by atoms with Crippen LogP contribution >= 0.6 is 23.4 Å². The first-order valence-electron chi connectivity index (χ1n) is 9.66. The van der Waals surface area contributed by atoms with Crippen molar-refractivity contribution >= 4 is 57.7 Å². The van der Waals surface area contributed by atoms with E-state index >= 15 is 0 Å².